The molecule has 4 saturated heterocycles. The highest BCUT2D eigenvalue weighted by molar-refractivity contribution is 7.13. The summed E-state index contributed by atoms with van der Waals surface area (Å²) in [6.45, 7) is 3.98. The molecule has 4 fully saturated rings. The van der Waals surface area contributed by atoms with E-state index in [4.69, 9.17) is 5.10 Å². The van der Waals surface area contributed by atoms with Crippen molar-refractivity contribution in [3.05, 3.63) is 35.5 Å². The Bertz CT molecular complexity index is 1200. The number of carboxylic acid groups (broad SMARTS) is 1. The number of carbonyl (C=O) groups is 2. The Morgan fingerprint density at radius 3 is 2.64 bits per heavy atom. The molecule has 6 heterocycles. The fourth-order valence-electron chi connectivity index (χ4n) is 5.56. The number of fused-ring (bicyclic) bond motifs is 4. The van der Waals surface area contributed by atoms with E-state index < -0.39 is 6.09 Å². The lowest BCUT2D eigenvalue weighted by Crippen LogP contribution is -2.57. The first kappa shape index (κ1) is 20.6. The molecule has 0 radical (unpaired) electrons. The number of likely N-dealkylation sites (tertiary alicyclic amines) is 1. The van der Waals surface area contributed by atoms with Crippen LogP contribution in [0, 0.1) is 5.92 Å². The lowest BCUT2D eigenvalue weighted by Gasteiger charge is -2.44. The summed E-state index contributed by atoms with van der Waals surface area (Å²) in [6.07, 6.45) is 3.79. The molecule has 0 saturated carbocycles. The predicted octanol–water partition coefficient (Wildman–Crippen LogP) is 2.91. The number of benzene rings is 1. The minimum atomic E-state index is -0.919. The summed E-state index contributed by atoms with van der Waals surface area (Å²) < 4.78 is 1.86. The van der Waals surface area contributed by atoms with E-state index in [2.05, 4.69) is 15.2 Å². The quantitative estimate of drug-likeness (QED) is 0.613. The number of hydrogen-bond donors (Lipinski definition) is 2. The van der Waals surface area contributed by atoms with E-state index >= 15 is 0 Å². The highest BCUT2D eigenvalue weighted by atomic mass is 32.1. The molecule has 7 rings (SSSR count). The van der Waals surface area contributed by atoms with E-state index in [0.29, 0.717) is 31.1 Å². The largest absolute Gasteiger partial charge is 0.465 e. The third-order valence-corrected chi connectivity index (χ3v) is 8.18. The van der Waals surface area contributed by atoms with Gasteiger partial charge in [0.05, 0.1) is 11.6 Å². The summed E-state index contributed by atoms with van der Waals surface area (Å²) >= 11 is 1.56. The van der Waals surface area contributed by atoms with Crippen LogP contribution in [-0.2, 0) is 0 Å². The predicted molar refractivity (Wildman–Crippen MR) is 125 cm³/mol. The number of piperidine rings is 3. The zero-order valence-electron chi connectivity index (χ0n) is 18.2. The van der Waals surface area contributed by atoms with Gasteiger partial charge in [0.2, 0.25) is 0 Å². The Balaban J connectivity index is 1.36. The van der Waals surface area contributed by atoms with Crippen molar-refractivity contribution in [2.45, 2.75) is 31.3 Å². The van der Waals surface area contributed by atoms with Gasteiger partial charge in [-0.15, -0.1) is 11.3 Å². The van der Waals surface area contributed by atoms with Crippen molar-refractivity contribution in [2.75, 3.05) is 32.7 Å². The molecule has 4 aliphatic heterocycles. The molecule has 33 heavy (non-hydrogen) atoms. The average Bonchev–Trinajstić information content (AvgIpc) is 3.59. The smallest absolute Gasteiger partial charge is 0.407 e. The molecule has 0 spiro atoms. The third kappa shape index (κ3) is 3.67. The summed E-state index contributed by atoms with van der Waals surface area (Å²) in [5, 5.41) is 21.1. The molecule has 10 heteroatoms. The van der Waals surface area contributed by atoms with Gasteiger partial charge in [0.25, 0.3) is 5.91 Å². The summed E-state index contributed by atoms with van der Waals surface area (Å²) in [6, 6.07) is 6.01. The van der Waals surface area contributed by atoms with Gasteiger partial charge in [-0.3, -0.25) is 9.48 Å². The van der Waals surface area contributed by atoms with Crippen LogP contribution in [0.4, 0.5) is 4.79 Å². The molecule has 2 aromatic heterocycles. The summed E-state index contributed by atoms with van der Waals surface area (Å²) in [5.41, 5.74) is 2.23. The fourth-order valence-corrected chi connectivity index (χ4v) is 6.20. The van der Waals surface area contributed by atoms with Crippen molar-refractivity contribution in [3.63, 3.8) is 0 Å². The van der Waals surface area contributed by atoms with Crippen molar-refractivity contribution in [3.8, 4) is 10.6 Å². The molecular formula is C23H26N6O3S. The maximum absolute atomic E-state index is 13.4. The van der Waals surface area contributed by atoms with Gasteiger partial charge in [0.15, 0.2) is 5.69 Å². The molecule has 0 aliphatic carbocycles. The van der Waals surface area contributed by atoms with Crippen molar-refractivity contribution >= 4 is 34.2 Å². The Morgan fingerprint density at radius 1 is 1.12 bits per heavy atom. The van der Waals surface area contributed by atoms with Crippen molar-refractivity contribution in [2.24, 2.45) is 5.92 Å². The van der Waals surface area contributed by atoms with Gasteiger partial charge in [-0.2, -0.15) is 5.10 Å². The monoisotopic (exact) mass is 466 g/mol. The number of amides is 2. The molecule has 2 N–H and O–H groups in total. The maximum Gasteiger partial charge on any atom is 0.407 e. The Hall–Kier alpha value is -2.98. The van der Waals surface area contributed by atoms with Crippen molar-refractivity contribution in [1.29, 1.82) is 0 Å². The SMILES string of the molecule is O=C(N[C@@H]1CN2CCC1CC2)c1nn(C2CCN(C(=O)O)C2)c2cc(-c3nccs3)ccc12. The highest BCUT2D eigenvalue weighted by Gasteiger charge is 2.36. The first-order valence-corrected chi connectivity index (χ1v) is 12.4. The van der Waals surface area contributed by atoms with Gasteiger partial charge in [-0.1, -0.05) is 6.07 Å². The fraction of sp³-hybridized carbons (Fsp3) is 0.478. The van der Waals surface area contributed by atoms with Crippen LogP contribution in [0.1, 0.15) is 35.8 Å². The zero-order valence-corrected chi connectivity index (χ0v) is 19.0. The number of carbonyl (C=O) groups excluding carboxylic acids is 1. The minimum Gasteiger partial charge on any atom is -0.465 e. The van der Waals surface area contributed by atoms with E-state index in [1.165, 1.54) is 4.90 Å². The number of thiazole rings is 1. The van der Waals surface area contributed by atoms with Gasteiger partial charge in [-0.05, 0) is 50.4 Å². The Labute approximate surface area is 195 Å². The average molecular weight is 467 g/mol. The number of nitrogens with zero attached hydrogens (tertiary/aromatic N) is 5. The zero-order chi connectivity index (χ0) is 22.5. The van der Waals surface area contributed by atoms with Crippen LogP contribution in [0.2, 0.25) is 0 Å². The standard InChI is InChI=1S/C23H26N6O3S/c30-21(25-18-13-27-7-3-14(18)4-8-27)20-17-2-1-15(22-24-6-10-33-22)11-19(17)29(26-20)16-5-9-28(12-16)23(31)32/h1-2,6,10-11,14,16,18H,3-5,7-9,12-13H2,(H,25,30)(H,31,32)/t16?,18-/m1/s1. The molecule has 2 amide bonds. The summed E-state index contributed by atoms with van der Waals surface area (Å²) in [7, 11) is 0. The topological polar surface area (TPSA) is 104 Å². The van der Waals surface area contributed by atoms with Crippen LogP contribution in [0.25, 0.3) is 21.5 Å². The van der Waals surface area contributed by atoms with E-state index in [1.54, 1.807) is 17.5 Å². The van der Waals surface area contributed by atoms with Gasteiger partial charge in [0.1, 0.15) is 5.01 Å². The van der Waals surface area contributed by atoms with E-state index in [1.807, 2.05) is 28.3 Å². The van der Waals surface area contributed by atoms with Gasteiger partial charge in [0, 0.05) is 48.2 Å². The summed E-state index contributed by atoms with van der Waals surface area (Å²) in [5.74, 6) is 0.385. The Kier molecular flexibility index (Phi) is 5.06. The van der Waals surface area contributed by atoms with E-state index in [0.717, 1.165) is 53.9 Å². The van der Waals surface area contributed by atoms with Gasteiger partial charge in [-0.25, -0.2) is 9.78 Å². The second kappa shape index (κ2) is 8.11. The molecule has 3 aromatic rings. The number of rotatable bonds is 4. The van der Waals surface area contributed by atoms with Crippen LogP contribution >= 0.6 is 11.3 Å². The van der Waals surface area contributed by atoms with E-state index in [-0.39, 0.29) is 18.0 Å². The van der Waals surface area contributed by atoms with Crippen molar-refractivity contribution in [1.82, 2.24) is 29.9 Å². The lowest BCUT2D eigenvalue weighted by atomic mass is 9.84. The Morgan fingerprint density at radius 2 is 1.97 bits per heavy atom. The third-order valence-electron chi connectivity index (χ3n) is 7.35. The van der Waals surface area contributed by atoms with E-state index in [9.17, 15) is 14.7 Å². The first-order valence-electron chi connectivity index (χ1n) is 11.5. The normalized spacial score (nSPS) is 26.7. The highest BCUT2D eigenvalue weighted by Crippen LogP contribution is 2.33. The van der Waals surface area contributed by atoms with Crippen LogP contribution in [-0.4, -0.2) is 80.4 Å². The molecule has 4 aliphatic rings. The van der Waals surface area contributed by atoms with Crippen LogP contribution in [0.15, 0.2) is 29.8 Å². The molecule has 1 aromatic carbocycles. The first-order chi connectivity index (χ1) is 16.1. The molecule has 1 unspecified atom stereocenters. The van der Waals surface area contributed by atoms with Gasteiger partial charge < -0.3 is 20.2 Å². The second-order valence-electron chi connectivity index (χ2n) is 9.25. The number of nitrogens with one attached hydrogen (secondary N) is 1. The van der Waals surface area contributed by atoms with Crippen LogP contribution in [0.3, 0.4) is 0 Å². The molecular weight excluding hydrogens is 440 g/mol. The van der Waals surface area contributed by atoms with Gasteiger partial charge >= 0.3 is 6.09 Å². The number of aromatic nitrogens is 3. The summed E-state index contributed by atoms with van der Waals surface area (Å²) in [4.78, 5) is 33.1. The van der Waals surface area contributed by atoms with Crippen LogP contribution < -0.4 is 5.32 Å². The lowest BCUT2D eigenvalue weighted by molar-refractivity contribution is 0.0618. The maximum atomic E-state index is 13.4. The van der Waals surface area contributed by atoms with Crippen LogP contribution in [0.5, 0.6) is 0 Å². The molecule has 9 nitrogen and oxygen atoms in total. The molecule has 172 valence electrons. The molecule has 2 bridgehead atoms. The molecule has 2 atom stereocenters. The number of hydrogen-bond acceptors (Lipinski definition) is 6. The minimum absolute atomic E-state index is 0.103. The second-order valence-corrected chi connectivity index (χ2v) is 10.1. The van der Waals surface area contributed by atoms with Crippen molar-refractivity contribution < 1.29 is 14.7 Å².